The summed E-state index contributed by atoms with van der Waals surface area (Å²) in [5, 5.41) is 0. The Bertz CT molecular complexity index is 768. The molecule has 2 aromatic rings. The number of hydrogen-bond donors (Lipinski definition) is 0. The minimum Gasteiger partial charge on any atom is -0.207 e. The average Bonchev–Trinajstić information content (AvgIpc) is 2.64. The van der Waals surface area contributed by atoms with Crippen molar-refractivity contribution in [3.8, 4) is 11.1 Å². The molecule has 0 aromatic heterocycles. The fourth-order valence-corrected chi connectivity index (χ4v) is 3.94. The van der Waals surface area contributed by atoms with E-state index in [0.29, 0.717) is 17.9 Å². The molecular formula is C24H28F2. The number of halogens is 2. The van der Waals surface area contributed by atoms with Gasteiger partial charge in [0.15, 0.2) is 0 Å². The van der Waals surface area contributed by atoms with Crippen LogP contribution in [-0.4, -0.2) is 0 Å². The summed E-state index contributed by atoms with van der Waals surface area (Å²) in [5.74, 6) is 0.714. The maximum absolute atomic E-state index is 14.7. The van der Waals surface area contributed by atoms with Gasteiger partial charge in [-0.15, -0.1) is 0 Å². The first kappa shape index (κ1) is 18.8. The molecule has 0 heterocycles. The van der Waals surface area contributed by atoms with Crippen LogP contribution in [0.5, 0.6) is 0 Å². The molecule has 0 unspecified atom stereocenters. The molecule has 1 aliphatic carbocycles. The predicted octanol–water partition coefficient (Wildman–Crippen LogP) is 7.43. The van der Waals surface area contributed by atoms with E-state index < -0.39 is 0 Å². The van der Waals surface area contributed by atoms with Crippen LogP contribution in [0.15, 0.2) is 48.6 Å². The Morgan fingerprint density at radius 2 is 1.58 bits per heavy atom. The Hall–Kier alpha value is -1.96. The van der Waals surface area contributed by atoms with Crippen molar-refractivity contribution in [2.45, 2.75) is 58.3 Å². The highest BCUT2D eigenvalue weighted by Crippen LogP contribution is 2.37. The van der Waals surface area contributed by atoms with Crippen LogP contribution < -0.4 is 0 Å². The van der Waals surface area contributed by atoms with Crippen LogP contribution in [-0.2, 0) is 6.42 Å². The van der Waals surface area contributed by atoms with Crippen molar-refractivity contribution in [3.05, 3.63) is 71.3 Å². The molecule has 1 fully saturated rings. The van der Waals surface area contributed by atoms with Crippen molar-refractivity contribution in [3.63, 3.8) is 0 Å². The van der Waals surface area contributed by atoms with Crippen LogP contribution in [0, 0.1) is 17.6 Å². The summed E-state index contributed by atoms with van der Waals surface area (Å²) in [7, 11) is 0. The molecular weight excluding hydrogens is 326 g/mol. The molecule has 0 saturated heterocycles. The van der Waals surface area contributed by atoms with Crippen LogP contribution in [0.2, 0.25) is 0 Å². The first-order valence-electron chi connectivity index (χ1n) is 9.78. The SMILES string of the molecule is C/C=C/CCc1ccc(-c2ccc(C3CCC(C)CC3)c(F)c2)cc1F. The lowest BCUT2D eigenvalue weighted by Gasteiger charge is -2.26. The molecule has 138 valence electrons. The third-order valence-corrected chi connectivity index (χ3v) is 5.66. The second kappa shape index (κ2) is 8.62. The molecule has 2 aromatic carbocycles. The molecule has 2 heteroatoms. The number of rotatable bonds is 5. The number of aryl methyl sites for hydroxylation is 1. The van der Waals surface area contributed by atoms with E-state index in [1.807, 2.05) is 43.3 Å². The van der Waals surface area contributed by atoms with Gasteiger partial charge in [0.2, 0.25) is 0 Å². The normalized spacial score (nSPS) is 20.6. The van der Waals surface area contributed by atoms with Gasteiger partial charge >= 0.3 is 0 Å². The summed E-state index contributed by atoms with van der Waals surface area (Å²) in [4.78, 5) is 0. The lowest BCUT2D eigenvalue weighted by molar-refractivity contribution is 0.342. The molecule has 26 heavy (non-hydrogen) atoms. The molecule has 0 aliphatic heterocycles. The summed E-state index contributed by atoms with van der Waals surface area (Å²) in [5.41, 5.74) is 3.01. The van der Waals surface area contributed by atoms with Crippen LogP contribution in [0.4, 0.5) is 8.78 Å². The van der Waals surface area contributed by atoms with E-state index in [1.54, 1.807) is 6.07 Å². The van der Waals surface area contributed by atoms with Gasteiger partial charge in [0.05, 0.1) is 0 Å². The highest BCUT2D eigenvalue weighted by Gasteiger charge is 2.22. The maximum atomic E-state index is 14.7. The van der Waals surface area contributed by atoms with Crippen molar-refractivity contribution >= 4 is 0 Å². The minimum absolute atomic E-state index is 0.153. The molecule has 0 amide bonds. The van der Waals surface area contributed by atoms with Gasteiger partial charge in [-0.2, -0.15) is 0 Å². The number of allylic oxidation sites excluding steroid dienone is 2. The van der Waals surface area contributed by atoms with Crippen molar-refractivity contribution in [2.24, 2.45) is 5.92 Å². The van der Waals surface area contributed by atoms with Crippen molar-refractivity contribution in [1.29, 1.82) is 0 Å². The van der Waals surface area contributed by atoms with Crippen molar-refractivity contribution in [1.82, 2.24) is 0 Å². The van der Waals surface area contributed by atoms with E-state index in [1.165, 1.54) is 18.9 Å². The Labute approximate surface area is 156 Å². The lowest BCUT2D eigenvalue weighted by Crippen LogP contribution is -2.12. The van der Waals surface area contributed by atoms with Gasteiger partial charge in [-0.3, -0.25) is 0 Å². The summed E-state index contributed by atoms with van der Waals surface area (Å²) in [6, 6.07) is 10.7. The Morgan fingerprint density at radius 3 is 2.19 bits per heavy atom. The number of benzene rings is 2. The zero-order chi connectivity index (χ0) is 18.5. The summed E-state index contributed by atoms with van der Waals surface area (Å²) < 4.78 is 29.1. The first-order valence-corrected chi connectivity index (χ1v) is 9.78. The van der Waals surface area contributed by atoms with Gasteiger partial charge in [0.1, 0.15) is 11.6 Å². The van der Waals surface area contributed by atoms with E-state index in [9.17, 15) is 8.78 Å². The molecule has 0 bridgehead atoms. The topological polar surface area (TPSA) is 0 Å². The van der Waals surface area contributed by atoms with E-state index in [0.717, 1.165) is 41.9 Å². The molecule has 0 spiro atoms. The molecule has 1 saturated carbocycles. The van der Waals surface area contributed by atoms with Gasteiger partial charge in [0.25, 0.3) is 0 Å². The number of hydrogen-bond acceptors (Lipinski definition) is 0. The Morgan fingerprint density at radius 1 is 0.923 bits per heavy atom. The van der Waals surface area contributed by atoms with Crippen LogP contribution >= 0.6 is 0 Å². The molecule has 3 rings (SSSR count). The molecule has 0 N–H and O–H groups in total. The van der Waals surface area contributed by atoms with Gasteiger partial charge in [-0.25, -0.2) is 8.78 Å². The molecule has 1 aliphatic rings. The standard InChI is InChI=1S/C24H28F2/c1-3-4-5-6-19-11-12-20(15-23(19)25)21-13-14-22(24(26)16-21)18-9-7-17(2)8-10-18/h3-4,11-18H,5-10H2,1-2H3/b4-3+. The fraction of sp³-hybridized carbons (Fsp3) is 0.417. The Balaban J connectivity index is 1.77. The summed E-state index contributed by atoms with van der Waals surface area (Å²) in [6.07, 6.45) is 9.99. The Kier molecular flexibility index (Phi) is 6.24. The average molecular weight is 354 g/mol. The second-order valence-electron chi connectivity index (χ2n) is 7.61. The zero-order valence-corrected chi connectivity index (χ0v) is 15.8. The molecule has 0 radical (unpaired) electrons. The van der Waals surface area contributed by atoms with Gasteiger partial charge in [0, 0.05) is 0 Å². The third-order valence-electron chi connectivity index (χ3n) is 5.66. The van der Waals surface area contributed by atoms with E-state index in [4.69, 9.17) is 0 Å². The predicted molar refractivity (Wildman–Crippen MR) is 105 cm³/mol. The summed E-state index contributed by atoms with van der Waals surface area (Å²) in [6.45, 7) is 4.23. The smallest absolute Gasteiger partial charge is 0.127 e. The van der Waals surface area contributed by atoms with Crippen LogP contribution in [0.25, 0.3) is 11.1 Å². The van der Waals surface area contributed by atoms with Crippen molar-refractivity contribution in [2.75, 3.05) is 0 Å². The van der Waals surface area contributed by atoms with E-state index in [2.05, 4.69) is 6.92 Å². The van der Waals surface area contributed by atoms with Gasteiger partial charge in [-0.05, 0) is 78.8 Å². The lowest BCUT2D eigenvalue weighted by atomic mass is 9.79. The van der Waals surface area contributed by atoms with Gasteiger partial charge in [-0.1, -0.05) is 56.2 Å². The quantitative estimate of drug-likeness (QED) is 0.490. The fourth-order valence-electron chi connectivity index (χ4n) is 3.94. The minimum atomic E-state index is -0.210. The monoisotopic (exact) mass is 354 g/mol. The van der Waals surface area contributed by atoms with Crippen molar-refractivity contribution < 1.29 is 8.78 Å². The summed E-state index contributed by atoms with van der Waals surface area (Å²) >= 11 is 0. The highest BCUT2D eigenvalue weighted by molar-refractivity contribution is 5.64. The third kappa shape index (κ3) is 4.41. The highest BCUT2D eigenvalue weighted by atomic mass is 19.1. The van der Waals surface area contributed by atoms with Crippen LogP contribution in [0.3, 0.4) is 0 Å². The first-order chi connectivity index (χ1) is 12.6. The van der Waals surface area contributed by atoms with Crippen LogP contribution in [0.1, 0.15) is 63.0 Å². The molecule has 0 nitrogen and oxygen atoms in total. The van der Waals surface area contributed by atoms with Gasteiger partial charge < -0.3 is 0 Å². The largest absolute Gasteiger partial charge is 0.207 e. The molecule has 0 atom stereocenters. The second-order valence-corrected chi connectivity index (χ2v) is 7.61. The van der Waals surface area contributed by atoms with E-state index in [-0.39, 0.29) is 11.6 Å². The maximum Gasteiger partial charge on any atom is 0.127 e. The van der Waals surface area contributed by atoms with E-state index >= 15 is 0 Å². The zero-order valence-electron chi connectivity index (χ0n) is 15.8.